The highest BCUT2D eigenvalue weighted by molar-refractivity contribution is 5.03. The number of likely N-dealkylation sites (tertiary alicyclic amines) is 1. The van der Waals surface area contributed by atoms with Crippen LogP contribution in [-0.4, -0.2) is 60.6 Å². The van der Waals surface area contributed by atoms with E-state index in [1.165, 1.54) is 32.5 Å². The number of nitrogens with one attached hydrogen (secondary N) is 1. The van der Waals surface area contributed by atoms with Gasteiger partial charge in [-0.05, 0) is 65.3 Å². The maximum atomic E-state index is 9.25. The second kappa shape index (κ2) is 9.40. The van der Waals surface area contributed by atoms with E-state index in [1.807, 2.05) is 6.92 Å². The third-order valence-corrected chi connectivity index (χ3v) is 4.79. The quantitative estimate of drug-likeness (QED) is 0.629. The summed E-state index contributed by atoms with van der Waals surface area (Å²) in [7, 11) is 0. The zero-order valence-corrected chi connectivity index (χ0v) is 14.5. The van der Waals surface area contributed by atoms with E-state index < -0.39 is 0 Å². The molecular weight excluding hydrogens is 260 g/mol. The zero-order chi connectivity index (χ0) is 15.7. The lowest BCUT2D eigenvalue weighted by atomic mass is 9.96. The van der Waals surface area contributed by atoms with Crippen LogP contribution in [0.4, 0.5) is 0 Å². The summed E-state index contributed by atoms with van der Waals surface area (Å²) in [5.74, 6) is 0. The van der Waals surface area contributed by atoms with Crippen molar-refractivity contribution in [2.75, 3.05) is 39.3 Å². The van der Waals surface area contributed by atoms with Crippen molar-refractivity contribution in [3.63, 3.8) is 0 Å². The normalized spacial score (nSPS) is 22.4. The Hall–Kier alpha value is -0.630. The molecule has 0 aromatic heterocycles. The summed E-state index contributed by atoms with van der Waals surface area (Å²) >= 11 is 0. The standard InChI is InChI=1S/C17H34N4/c1-5-19-17(4,15-18)11-8-9-12-20-13-10-16(14-20)21(6-2)7-3/h16,19H,5-14H2,1-4H3. The van der Waals surface area contributed by atoms with Gasteiger partial charge in [-0.15, -0.1) is 0 Å². The van der Waals surface area contributed by atoms with Gasteiger partial charge in [0, 0.05) is 12.6 Å². The van der Waals surface area contributed by atoms with Crippen LogP contribution in [0.1, 0.15) is 53.4 Å². The molecule has 4 heteroatoms. The fraction of sp³-hybridized carbons (Fsp3) is 0.941. The lowest BCUT2D eigenvalue weighted by Crippen LogP contribution is -2.40. The number of hydrogen-bond acceptors (Lipinski definition) is 4. The summed E-state index contributed by atoms with van der Waals surface area (Å²) in [5.41, 5.74) is -0.344. The summed E-state index contributed by atoms with van der Waals surface area (Å²) in [4.78, 5) is 5.18. The van der Waals surface area contributed by atoms with Crippen molar-refractivity contribution >= 4 is 0 Å². The Morgan fingerprint density at radius 2 is 2.00 bits per heavy atom. The summed E-state index contributed by atoms with van der Waals surface area (Å²) in [6, 6.07) is 3.17. The minimum absolute atomic E-state index is 0.344. The molecule has 122 valence electrons. The van der Waals surface area contributed by atoms with Gasteiger partial charge in [-0.2, -0.15) is 5.26 Å². The average Bonchev–Trinajstić information content (AvgIpc) is 2.94. The smallest absolute Gasteiger partial charge is 0.103 e. The molecule has 1 heterocycles. The van der Waals surface area contributed by atoms with E-state index in [9.17, 15) is 5.26 Å². The maximum Gasteiger partial charge on any atom is 0.103 e. The molecule has 1 aliphatic rings. The number of nitriles is 1. The van der Waals surface area contributed by atoms with E-state index in [-0.39, 0.29) is 5.54 Å². The number of unbranched alkanes of at least 4 members (excludes halogenated alkanes) is 1. The Labute approximate surface area is 131 Å². The Bertz CT molecular complexity index is 321. The van der Waals surface area contributed by atoms with Crippen LogP contribution in [0.2, 0.25) is 0 Å². The molecule has 0 radical (unpaired) electrons. The van der Waals surface area contributed by atoms with Crippen molar-refractivity contribution in [2.24, 2.45) is 0 Å². The predicted octanol–water partition coefficient (Wildman–Crippen LogP) is 2.46. The molecule has 1 aliphatic heterocycles. The van der Waals surface area contributed by atoms with E-state index in [0.29, 0.717) is 0 Å². The van der Waals surface area contributed by atoms with Gasteiger partial charge in [0.2, 0.25) is 0 Å². The second-order valence-corrected chi connectivity index (χ2v) is 6.40. The molecule has 0 amide bonds. The molecule has 0 aliphatic carbocycles. The fourth-order valence-corrected chi connectivity index (χ4v) is 3.44. The van der Waals surface area contributed by atoms with Crippen molar-refractivity contribution in [3.8, 4) is 6.07 Å². The van der Waals surface area contributed by atoms with Gasteiger partial charge in [-0.3, -0.25) is 10.2 Å². The highest BCUT2D eigenvalue weighted by Gasteiger charge is 2.26. The molecule has 2 atom stereocenters. The van der Waals surface area contributed by atoms with Crippen LogP contribution in [0.5, 0.6) is 0 Å². The van der Waals surface area contributed by atoms with E-state index in [4.69, 9.17) is 0 Å². The van der Waals surface area contributed by atoms with Crippen molar-refractivity contribution < 1.29 is 0 Å². The van der Waals surface area contributed by atoms with Crippen LogP contribution >= 0.6 is 0 Å². The van der Waals surface area contributed by atoms with Gasteiger partial charge in [0.15, 0.2) is 0 Å². The van der Waals surface area contributed by atoms with Crippen LogP contribution in [0.3, 0.4) is 0 Å². The Kier molecular flexibility index (Phi) is 8.24. The van der Waals surface area contributed by atoms with Crippen LogP contribution < -0.4 is 5.32 Å². The monoisotopic (exact) mass is 294 g/mol. The summed E-state index contributed by atoms with van der Waals surface area (Å²) in [5, 5.41) is 12.5. The summed E-state index contributed by atoms with van der Waals surface area (Å²) in [6.07, 6.45) is 4.59. The molecule has 21 heavy (non-hydrogen) atoms. The topological polar surface area (TPSA) is 42.3 Å². The first-order valence-corrected chi connectivity index (χ1v) is 8.71. The third kappa shape index (κ3) is 5.94. The molecule has 1 rings (SSSR count). The minimum atomic E-state index is -0.344. The minimum Gasteiger partial charge on any atom is -0.302 e. The van der Waals surface area contributed by atoms with Gasteiger partial charge in [-0.1, -0.05) is 20.8 Å². The molecule has 0 saturated carbocycles. The van der Waals surface area contributed by atoms with E-state index in [2.05, 4.69) is 42.0 Å². The number of rotatable bonds is 10. The van der Waals surface area contributed by atoms with Gasteiger partial charge >= 0.3 is 0 Å². The first-order valence-electron chi connectivity index (χ1n) is 8.71. The number of hydrogen-bond donors (Lipinski definition) is 1. The zero-order valence-electron chi connectivity index (χ0n) is 14.5. The predicted molar refractivity (Wildman–Crippen MR) is 89.3 cm³/mol. The molecule has 1 N–H and O–H groups in total. The number of likely N-dealkylation sites (N-methyl/N-ethyl adjacent to an activating group) is 1. The molecule has 1 fully saturated rings. The van der Waals surface area contributed by atoms with Crippen molar-refractivity contribution in [1.82, 2.24) is 15.1 Å². The van der Waals surface area contributed by atoms with Crippen LogP contribution in [0.15, 0.2) is 0 Å². The SMILES string of the molecule is CCNC(C)(C#N)CCCCN1CCC(N(CC)CC)C1. The lowest BCUT2D eigenvalue weighted by molar-refractivity contribution is 0.209. The third-order valence-electron chi connectivity index (χ3n) is 4.79. The van der Waals surface area contributed by atoms with Crippen molar-refractivity contribution in [1.29, 1.82) is 5.26 Å². The van der Waals surface area contributed by atoms with Gasteiger partial charge in [-0.25, -0.2) is 0 Å². The lowest BCUT2D eigenvalue weighted by Gasteiger charge is -2.26. The van der Waals surface area contributed by atoms with Gasteiger partial charge in [0.05, 0.1) is 6.07 Å². The molecule has 0 bridgehead atoms. The molecule has 0 aromatic carbocycles. The largest absolute Gasteiger partial charge is 0.302 e. The molecule has 0 spiro atoms. The summed E-state index contributed by atoms with van der Waals surface area (Å²) in [6.45, 7) is 15.4. The van der Waals surface area contributed by atoms with Crippen LogP contribution in [0, 0.1) is 11.3 Å². The Morgan fingerprint density at radius 1 is 1.29 bits per heavy atom. The molecule has 1 saturated heterocycles. The van der Waals surface area contributed by atoms with E-state index >= 15 is 0 Å². The fourth-order valence-electron chi connectivity index (χ4n) is 3.44. The maximum absolute atomic E-state index is 9.25. The van der Waals surface area contributed by atoms with Gasteiger partial charge < -0.3 is 4.90 Å². The molecule has 4 nitrogen and oxygen atoms in total. The second-order valence-electron chi connectivity index (χ2n) is 6.40. The highest BCUT2D eigenvalue weighted by atomic mass is 15.2. The Balaban J connectivity index is 2.21. The van der Waals surface area contributed by atoms with E-state index in [0.717, 1.165) is 38.5 Å². The average molecular weight is 294 g/mol. The first kappa shape index (κ1) is 18.4. The molecule has 2 unspecified atom stereocenters. The number of nitrogens with zero attached hydrogens (tertiary/aromatic N) is 3. The van der Waals surface area contributed by atoms with Gasteiger partial charge in [0.1, 0.15) is 5.54 Å². The van der Waals surface area contributed by atoms with Gasteiger partial charge in [0.25, 0.3) is 0 Å². The van der Waals surface area contributed by atoms with Crippen LogP contribution in [0.25, 0.3) is 0 Å². The Morgan fingerprint density at radius 3 is 2.57 bits per heavy atom. The summed E-state index contributed by atoms with van der Waals surface area (Å²) < 4.78 is 0. The molecule has 0 aromatic rings. The highest BCUT2D eigenvalue weighted by Crippen LogP contribution is 2.17. The molecular formula is C17H34N4. The van der Waals surface area contributed by atoms with Crippen LogP contribution in [-0.2, 0) is 0 Å². The van der Waals surface area contributed by atoms with E-state index in [1.54, 1.807) is 0 Å². The van der Waals surface area contributed by atoms with Crippen molar-refractivity contribution in [3.05, 3.63) is 0 Å². The first-order chi connectivity index (χ1) is 10.1. The van der Waals surface area contributed by atoms with Crippen molar-refractivity contribution in [2.45, 2.75) is 65.0 Å².